The first-order valence-corrected chi connectivity index (χ1v) is 6.12. The van der Waals surface area contributed by atoms with Gasteiger partial charge in [0.25, 0.3) is 5.56 Å². The van der Waals surface area contributed by atoms with E-state index in [1.54, 1.807) is 13.8 Å². The van der Waals surface area contributed by atoms with Gasteiger partial charge >= 0.3 is 5.69 Å². The minimum atomic E-state index is -1.22. The number of halogens is 3. The standard InChI is InChI=1S/C13H11ClF2N2O2/c1-6-3-8(4-7(2)9(6)15)5-18-12(19)10(16)11(14)17-13(18)20/h3-4H,5H2,1-2H3,(H,17,20). The van der Waals surface area contributed by atoms with E-state index in [2.05, 4.69) is 0 Å². The van der Waals surface area contributed by atoms with Crippen LogP contribution in [0.4, 0.5) is 8.78 Å². The molecule has 2 aromatic rings. The van der Waals surface area contributed by atoms with Gasteiger partial charge in [0.2, 0.25) is 5.82 Å². The van der Waals surface area contributed by atoms with E-state index in [-0.39, 0.29) is 12.4 Å². The first-order chi connectivity index (χ1) is 9.31. The summed E-state index contributed by atoms with van der Waals surface area (Å²) in [4.78, 5) is 25.3. The fourth-order valence-corrected chi connectivity index (χ4v) is 2.14. The first kappa shape index (κ1) is 14.5. The topological polar surface area (TPSA) is 54.9 Å². The highest BCUT2D eigenvalue weighted by molar-refractivity contribution is 6.29. The van der Waals surface area contributed by atoms with Crippen molar-refractivity contribution in [1.82, 2.24) is 9.55 Å². The zero-order valence-corrected chi connectivity index (χ0v) is 11.5. The molecule has 0 spiro atoms. The van der Waals surface area contributed by atoms with Crippen molar-refractivity contribution in [2.24, 2.45) is 0 Å². The van der Waals surface area contributed by atoms with Crippen molar-refractivity contribution in [3.8, 4) is 0 Å². The van der Waals surface area contributed by atoms with Gasteiger partial charge < -0.3 is 0 Å². The summed E-state index contributed by atoms with van der Waals surface area (Å²) in [5, 5.41) is -0.622. The number of hydrogen-bond donors (Lipinski definition) is 1. The van der Waals surface area contributed by atoms with Crippen LogP contribution in [0.15, 0.2) is 21.7 Å². The monoisotopic (exact) mass is 300 g/mol. The van der Waals surface area contributed by atoms with Crippen LogP contribution in [0.2, 0.25) is 5.15 Å². The number of nitrogens with one attached hydrogen (secondary N) is 1. The van der Waals surface area contributed by atoms with Crippen molar-refractivity contribution >= 4 is 11.6 Å². The average Bonchev–Trinajstić information content (AvgIpc) is 2.38. The molecule has 1 aromatic carbocycles. The quantitative estimate of drug-likeness (QED) is 0.864. The van der Waals surface area contributed by atoms with Gasteiger partial charge in [-0.3, -0.25) is 14.3 Å². The van der Waals surface area contributed by atoms with Crippen LogP contribution in [0.5, 0.6) is 0 Å². The number of aromatic amines is 1. The van der Waals surface area contributed by atoms with Crippen LogP contribution in [0.3, 0.4) is 0 Å². The molecule has 1 heterocycles. The van der Waals surface area contributed by atoms with Crippen LogP contribution in [-0.2, 0) is 6.54 Å². The van der Waals surface area contributed by atoms with Crippen LogP contribution in [0.1, 0.15) is 16.7 Å². The lowest BCUT2D eigenvalue weighted by Crippen LogP contribution is -2.37. The van der Waals surface area contributed by atoms with E-state index in [1.807, 2.05) is 4.98 Å². The molecule has 20 heavy (non-hydrogen) atoms. The van der Waals surface area contributed by atoms with E-state index in [4.69, 9.17) is 11.6 Å². The third kappa shape index (κ3) is 2.51. The van der Waals surface area contributed by atoms with E-state index in [9.17, 15) is 18.4 Å². The molecule has 0 atom stereocenters. The third-order valence-corrected chi connectivity index (χ3v) is 3.18. The minimum absolute atomic E-state index is 0.162. The zero-order chi connectivity index (χ0) is 15.0. The normalized spacial score (nSPS) is 10.8. The Kier molecular flexibility index (Phi) is 3.76. The van der Waals surface area contributed by atoms with Crippen molar-refractivity contribution in [3.05, 3.63) is 66.4 Å². The Morgan fingerprint density at radius 3 is 2.25 bits per heavy atom. The molecular formula is C13H11ClF2N2O2. The molecule has 0 fully saturated rings. The fourth-order valence-electron chi connectivity index (χ4n) is 1.97. The van der Waals surface area contributed by atoms with Crippen molar-refractivity contribution in [1.29, 1.82) is 0 Å². The fraction of sp³-hybridized carbons (Fsp3) is 0.231. The highest BCUT2D eigenvalue weighted by Gasteiger charge is 2.13. The summed E-state index contributed by atoms with van der Waals surface area (Å²) in [6.45, 7) is 2.98. The summed E-state index contributed by atoms with van der Waals surface area (Å²) in [6.07, 6.45) is 0. The van der Waals surface area contributed by atoms with Crippen LogP contribution in [-0.4, -0.2) is 9.55 Å². The highest BCUT2D eigenvalue weighted by atomic mass is 35.5. The summed E-state index contributed by atoms with van der Waals surface area (Å²) in [7, 11) is 0. The Hall–Kier alpha value is -1.95. The predicted molar refractivity (Wildman–Crippen MR) is 71.3 cm³/mol. The molecule has 0 unspecified atom stereocenters. The SMILES string of the molecule is Cc1cc(Cn2c(=O)[nH]c(Cl)c(F)c2=O)cc(C)c1F. The van der Waals surface area contributed by atoms with Gasteiger partial charge in [-0.25, -0.2) is 9.18 Å². The molecule has 1 N–H and O–H groups in total. The highest BCUT2D eigenvalue weighted by Crippen LogP contribution is 2.15. The van der Waals surface area contributed by atoms with Gasteiger partial charge in [0.05, 0.1) is 6.54 Å². The Morgan fingerprint density at radius 2 is 1.70 bits per heavy atom. The smallest absolute Gasteiger partial charge is 0.295 e. The molecule has 0 aliphatic heterocycles. The Bertz CT molecular complexity index is 773. The second-order valence-electron chi connectivity index (χ2n) is 4.49. The number of benzene rings is 1. The number of aryl methyl sites for hydroxylation is 2. The lowest BCUT2D eigenvalue weighted by atomic mass is 10.1. The van der Waals surface area contributed by atoms with E-state index >= 15 is 0 Å². The van der Waals surface area contributed by atoms with E-state index in [0.29, 0.717) is 21.3 Å². The van der Waals surface area contributed by atoms with E-state index in [0.717, 1.165) is 0 Å². The molecule has 7 heteroatoms. The van der Waals surface area contributed by atoms with Gasteiger partial charge in [0, 0.05) is 0 Å². The van der Waals surface area contributed by atoms with Crippen molar-refractivity contribution < 1.29 is 8.78 Å². The molecule has 0 aliphatic carbocycles. The van der Waals surface area contributed by atoms with Gasteiger partial charge in [-0.2, -0.15) is 4.39 Å². The van der Waals surface area contributed by atoms with Crippen molar-refractivity contribution in [3.63, 3.8) is 0 Å². The first-order valence-electron chi connectivity index (χ1n) is 5.75. The summed E-state index contributed by atoms with van der Waals surface area (Å²) in [5.41, 5.74) is -0.632. The van der Waals surface area contributed by atoms with Gasteiger partial charge in [0.15, 0.2) is 5.15 Å². The average molecular weight is 301 g/mol. The summed E-state index contributed by atoms with van der Waals surface area (Å²) in [6, 6.07) is 3.00. The molecular weight excluding hydrogens is 290 g/mol. The molecule has 0 amide bonds. The second-order valence-corrected chi connectivity index (χ2v) is 4.87. The molecule has 0 saturated carbocycles. The lowest BCUT2D eigenvalue weighted by Gasteiger charge is -2.08. The van der Waals surface area contributed by atoms with Crippen molar-refractivity contribution in [2.75, 3.05) is 0 Å². The van der Waals surface area contributed by atoms with Gasteiger partial charge in [-0.1, -0.05) is 23.7 Å². The summed E-state index contributed by atoms with van der Waals surface area (Å²) < 4.78 is 27.6. The zero-order valence-electron chi connectivity index (χ0n) is 10.8. The van der Waals surface area contributed by atoms with Gasteiger partial charge in [-0.05, 0) is 30.5 Å². The number of hydrogen-bond acceptors (Lipinski definition) is 2. The largest absolute Gasteiger partial charge is 0.329 e. The molecule has 0 aliphatic rings. The van der Waals surface area contributed by atoms with Crippen LogP contribution in [0.25, 0.3) is 0 Å². The Labute approximate surface area is 117 Å². The van der Waals surface area contributed by atoms with Crippen LogP contribution < -0.4 is 11.2 Å². The van der Waals surface area contributed by atoms with Crippen molar-refractivity contribution in [2.45, 2.75) is 20.4 Å². The lowest BCUT2D eigenvalue weighted by molar-refractivity contribution is 0.556. The van der Waals surface area contributed by atoms with Crippen LogP contribution >= 0.6 is 11.6 Å². The van der Waals surface area contributed by atoms with E-state index in [1.165, 1.54) is 12.1 Å². The number of nitrogens with zero attached hydrogens (tertiary/aromatic N) is 1. The number of rotatable bonds is 2. The molecule has 4 nitrogen and oxygen atoms in total. The molecule has 1 aromatic heterocycles. The maximum atomic E-state index is 13.5. The van der Waals surface area contributed by atoms with Gasteiger partial charge in [-0.15, -0.1) is 0 Å². The Morgan fingerprint density at radius 1 is 1.15 bits per heavy atom. The summed E-state index contributed by atoms with van der Waals surface area (Å²) in [5.74, 6) is -1.57. The molecule has 0 radical (unpaired) electrons. The van der Waals surface area contributed by atoms with E-state index < -0.39 is 22.2 Å². The van der Waals surface area contributed by atoms with Gasteiger partial charge in [0.1, 0.15) is 5.82 Å². The molecule has 106 valence electrons. The number of H-pyrrole nitrogens is 1. The molecule has 2 rings (SSSR count). The molecule has 0 bridgehead atoms. The van der Waals surface area contributed by atoms with Crippen LogP contribution in [0, 0.1) is 25.5 Å². The minimum Gasteiger partial charge on any atom is -0.295 e. The predicted octanol–water partition coefficient (Wildman–Crippen LogP) is 2.13. The maximum absolute atomic E-state index is 13.5. The maximum Gasteiger partial charge on any atom is 0.329 e. The summed E-state index contributed by atoms with van der Waals surface area (Å²) >= 11 is 5.37. The molecule has 0 saturated heterocycles. The number of aromatic nitrogens is 2. The third-order valence-electron chi connectivity index (χ3n) is 2.92. The Balaban J connectivity index is 2.54. The second kappa shape index (κ2) is 5.20.